The van der Waals surface area contributed by atoms with Crippen molar-refractivity contribution in [2.24, 2.45) is 0 Å². The molecule has 3 heteroatoms. The molecule has 364 valence electrons. The van der Waals surface area contributed by atoms with Crippen LogP contribution in [0.15, 0.2) is 279 Å². The molecule has 0 aliphatic heterocycles. The summed E-state index contributed by atoms with van der Waals surface area (Å²) in [6, 6.07) is 101. The molecule has 2 aromatic heterocycles. The average molecular weight is 992 g/mol. The molecule has 2 heterocycles. The first-order valence-electron chi connectivity index (χ1n) is 26.8. The first-order valence-corrected chi connectivity index (χ1v) is 26.8. The summed E-state index contributed by atoms with van der Waals surface area (Å²) in [6.07, 6.45) is 0. The maximum atomic E-state index is 5.54. The van der Waals surface area contributed by atoms with Crippen LogP contribution in [-0.4, -0.2) is 15.0 Å². The van der Waals surface area contributed by atoms with Crippen molar-refractivity contribution in [3.05, 3.63) is 307 Å². The SMILES string of the molecule is Cc1c(-c2cccc(-c3ccc4ccccc4c3)c2)nc2ccccc2c1-c1ccc2c(c1)C(c1ccccc1)(c1ccccc1)c1cc(-c3nc(-c4cccc(-c5ccc6ccccc6c5)c4)nc4ccccc34)ccc1-2. The molecule has 12 aromatic carbocycles. The van der Waals surface area contributed by atoms with Gasteiger partial charge in [0.25, 0.3) is 0 Å². The lowest BCUT2D eigenvalue weighted by Crippen LogP contribution is -2.28. The molecule has 0 N–H and O–H groups in total. The number of fused-ring (bicyclic) bond motifs is 7. The molecule has 0 spiro atoms. The van der Waals surface area contributed by atoms with E-state index >= 15 is 0 Å². The fourth-order valence-electron chi connectivity index (χ4n) is 12.6. The Balaban J connectivity index is 0.909. The van der Waals surface area contributed by atoms with E-state index in [0.29, 0.717) is 5.82 Å². The standard InChI is InChI=1S/C75H49N3/c1-48-71(65-30-12-14-32-69(65)76-72(48)58-24-16-22-53(44-58)55-36-34-49-18-8-10-20-51(49)42-55)57-38-40-63-64-41-39-59(47-68(64)75(67(63)46-57,61-26-4-2-5-27-61)62-28-6-3-7-29-62)73-66-31-13-15-33-70(66)77-74(78-73)60-25-17-23-54(45-60)56-37-35-50-19-9-11-21-52(50)43-56/h2-47H,1H3. The van der Waals surface area contributed by atoms with Crippen LogP contribution in [-0.2, 0) is 5.41 Å². The van der Waals surface area contributed by atoms with Gasteiger partial charge in [0.1, 0.15) is 0 Å². The van der Waals surface area contributed by atoms with Gasteiger partial charge < -0.3 is 0 Å². The third-order valence-electron chi connectivity index (χ3n) is 16.3. The first-order chi connectivity index (χ1) is 38.5. The molecule has 0 saturated carbocycles. The Hall–Kier alpha value is -10.1. The van der Waals surface area contributed by atoms with Gasteiger partial charge in [-0.2, -0.15) is 0 Å². The molecular weight excluding hydrogens is 943 g/mol. The summed E-state index contributed by atoms with van der Waals surface area (Å²) in [4.78, 5) is 16.2. The Morgan fingerprint density at radius 1 is 0.282 bits per heavy atom. The van der Waals surface area contributed by atoms with Gasteiger partial charge >= 0.3 is 0 Å². The maximum Gasteiger partial charge on any atom is 0.160 e. The first kappa shape index (κ1) is 45.3. The highest BCUT2D eigenvalue weighted by molar-refractivity contribution is 6.02. The zero-order valence-electron chi connectivity index (χ0n) is 42.9. The normalized spacial score (nSPS) is 12.5. The Morgan fingerprint density at radius 3 is 1.36 bits per heavy atom. The van der Waals surface area contributed by atoms with Gasteiger partial charge in [-0.1, -0.05) is 231 Å². The van der Waals surface area contributed by atoms with Crippen molar-refractivity contribution in [1.29, 1.82) is 0 Å². The third-order valence-corrected chi connectivity index (χ3v) is 16.3. The molecule has 0 radical (unpaired) electrons. The minimum absolute atomic E-state index is 0.688. The molecular formula is C75H49N3. The molecule has 1 aliphatic carbocycles. The second kappa shape index (κ2) is 18.3. The van der Waals surface area contributed by atoms with Crippen LogP contribution in [0.2, 0.25) is 0 Å². The summed E-state index contributed by atoms with van der Waals surface area (Å²) in [7, 11) is 0. The fraction of sp³-hybridized carbons (Fsp3) is 0.0267. The van der Waals surface area contributed by atoms with E-state index in [1.165, 1.54) is 66.1 Å². The van der Waals surface area contributed by atoms with E-state index in [-0.39, 0.29) is 0 Å². The van der Waals surface area contributed by atoms with Crippen LogP contribution in [0.1, 0.15) is 27.8 Å². The molecule has 15 rings (SSSR count). The van der Waals surface area contributed by atoms with Gasteiger partial charge in [-0.15, -0.1) is 0 Å². The van der Waals surface area contributed by atoms with Crippen molar-refractivity contribution in [3.8, 4) is 78.4 Å². The number of para-hydroxylation sites is 2. The molecule has 0 amide bonds. The van der Waals surface area contributed by atoms with Crippen molar-refractivity contribution in [2.45, 2.75) is 12.3 Å². The topological polar surface area (TPSA) is 38.7 Å². The molecule has 0 saturated heterocycles. The van der Waals surface area contributed by atoms with E-state index in [4.69, 9.17) is 15.0 Å². The number of nitrogens with zero attached hydrogens (tertiary/aromatic N) is 3. The minimum atomic E-state index is -0.688. The molecule has 0 atom stereocenters. The van der Waals surface area contributed by atoms with Gasteiger partial charge in [0.15, 0.2) is 5.82 Å². The van der Waals surface area contributed by atoms with Gasteiger partial charge in [0.2, 0.25) is 0 Å². The highest BCUT2D eigenvalue weighted by atomic mass is 14.9. The summed E-state index contributed by atoms with van der Waals surface area (Å²) in [5, 5.41) is 7.04. The van der Waals surface area contributed by atoms with Crippen molar-refractivity contribution < 1.29 is 0 Å². The molecule has 14 aromatic rings. The number of rotatable bonds is 8. The Labute approximate surface area is 453 Å². The highest BCUT2D eigenvalue weighted by Crippen LogP contribution is 2.58. The smallest absolute Gasteiger partial charge is 0.160 e. The zero-order chi connectivity index (χ0) is 51.7. The van der Waals surface area contributed by atoms with E-state index < -0.39 is 5.41 Å². The zero-order valence-corrected chi connectivity index (χ0v) is 42.9. The number of pyridine rings is 1. The van der Waals surface area contributed by atoms with Crippen molar-refractivity contribution in [1.82, 2.24) is 15.0 Å². The van der Waals surface area contributed by atoms with E-state index in [2.05, 4.69) is 286 Å². The summed E-state index contributed by atoms with van der Waals surface area (Å²) in [5.41, 5.74) is 21.5. The van der Waals surface area contributed by atoms with Crippen LogP contribution in [0, 0.1) is 6.92 Å². The van der Waals surface area contributed by atoms with Crippen molar-refractivity contribution >= 4 is 43.4 Å². The van der Waals surface area contributed by atoms with Crippen LogP contribution in [0.4, 0.5) is 0 Å². The van der Waals surface area contributed by atoms with Crippen LogP contribution in [0.3, 0.4) is 0 Å². The van der Waals surface area contributed by atoms with E-state index in [9.17, 15) is 0 Å². The second-order valence-corrected chi connectivity index (χ2v) is 20.7. The predicted octanol–water partition coefficient (Wildman–Crippen LogP) is 19.2. The molecule has 1 aliphatic rings. The monoisotopic (exact) mass is 991 g/mol. The largest absolute Gasteiger partial charge is 0.247 e. The summed E-state index contributed by atoms with van der Waals surface area (Å²) in [5.74, 6) is 0.692. The summed E-state index contributed by atoms with van der Waals surface area (Å²) < 4.78 is 0. The van der Waals surface area contributed by atoms with Crippen LogP contribution < -0.4 is 0 Å². The molecule has 0 fully saturated rings. The van der Waals surface area contributed by atoms with Gasteiger partial charge in [-0.05, 0) is 149 Å². The lowest BCUT2D eigenvalue weighted by atomic mass is 9.67. The fourth-order valence-corrected chi connectivity index (χ4v) is 12.6. The van der Waals surface area contributed by atoms with Gasteiger partial charge in [-0.3, -0.25) is 0 Å². The number of benzene rings is 12. The van der Waals surface area contributed by atoms with Crippen molar-refractivity contribution in [2.75, 3.05) is 0 Å². The Kier molecular flexibility index (Phi) is 10.7. The lowest BCUT2D eigenvalue weighted by Gasteiger charge is -2.34. The molecule has 3 nitrogen and oxygen atoms in total. The molecule has 0 unspecified atom stereocenters. The number of hydrogen-bond donors (Lipinski definition) is 0. The highest BCUT2D eigenvalue weighted by Gasteiger charge is 2.46. The maximum absolute atomic E-state index is 5.54. The van der Waals surface area contributed by atoms with Crippen LogP contribution in [0.25, 0.3) is 122 Å². The van der Waals surface area contributed by atoms with Crippen LogP contribution in [0.5, 0.6) is 0 Å². The lowest BCUT2D eigenvalue weighted by molar-refractivity contribution is 0.769. The average Bonchev–Trinajstić information content (AvgIpc) is 4.02. The quantitative estimate of drug-likeness (QED) is 0.152. The summed E-state index contributed by atoms with van der Waals surface area (Å²) in [6.45, 7) is 2.25. The van der Waals surface area contributed by atoms with E-state index in [0.717, 1.165) is 77.7 Å². The molecule has 0 bridgehead atoms. The Morgan fingerprint density at radius 2 is 0.731 bits per heavy atom. The van der Waals surface area contributed by atoms with Crippen molar-refractivity contribution in [3.63, 3.8) is 0 Å². The number of aromatic nitrogens is 3. The van der Waals surface area contributed by atoms with E-state index in [1.54, 1.807) is 0 Å². The Bertz CT molecular complexity index is 4650. The molecule has 78 heavy (non-hydrogen) atoms. The second-order valence-electron chi connectivity index (χ2n) is 20.7. The number of hydrogen-bond acceptors (Lipinski definition) is 3. The van der Waals surface area contributed by atoms with Gasteiger partial charge in [-0.25, -0.2) is 15.0 Å². The van der Waals surface area contributed by atoms with Gasteiger partial charge in [0, 0.05) is 27.5 Å². The van der Waals surface area contributed by atoms with E-state index in [1.807, 2.05) is 0 Å². The predicted molar refractivity (Wildman–Crippen MR) is 325 cm³/mol. The summed E-state index contributed by atoms with van der Waals surface area (Å²) >= 11 is 0. The third kappa shape index (κ3) is 7.39. The minimum Gasteiger partial charge on any atom is -0.247 e. The van der Waals surface area contributed by atoms with Gasteiger partial charge in [0.05, 0.1) is 27.8 Å². The van der Waals surface area contributed by atoms with Crippen LogP contribution >= 0.6 is 0 Å².